The molecule has 0 unspecified atom stereocenters. The molecule has 2 aromatic heterocycles. The maximum absolute atomic E-state index is 12.7. The minimum Gasteiger partial charge on any atom is -0.343 e. The number of aromatic nitrogens is 3. The van der Waals surface area contributed by atoms with E-state index in [1.807, 2.05) is 44.3 Å². The lowest BCUT2D eigenvalue weighted by atomic mass is 9.88. The molecule has 1 amide bonds. The number of anilines is 4. The van der Waals surface area contributed by atoms with Crippen molar-refractivity contribution in [1.82, 2.24) is 25.6 Å². The van der Waals surface area contributed by atoms with Crippen LogP contribution >= 0.6 is 0 Å². The van der Waals surface area contributed by atoms with Crippen molar-refractivity contribution >= 4 is 29.2 Å². The Morgan fingerprint density at radius 1 is 1.11 bits per heavy atom. The van der Waals surface area contributed by atoms with Crippen LogP contribution in [0.25, 0.3) is 0 Å². The number of nitrogens with one attached hydrogen (secondary N) is 4. The molecular weight excluding hydrogens is 497 g/mol. The molecule has 0 aliphatic carbocycles. The van der Waals surface area contributed by atoms with Crippen LogP contribution in [0.3, 0.4) is 0 Å². The van der Waals surface area contributed by atoms with Crippen molar-refractivity contribution in [3.8, 4) is 6.07 Å². The molecule has 0 atom stereocenters. The summed E-state index contributed by atoms with van der Waals surface area (Å²) >= 11 is 0. The van der Waals surface area contributed by atoms with Gasteiger partial charge in [0.2, 0.25) is 5.95 Å². The normalized spacial score (nSPS) is 13.3. The standard InChI is InChI=1S/C26H27F3N8O/c1-25(2,3)21-16(11-30)5-7-20(35-21)36-22-19(23(38)33-14-26(27,28)29)13-32-24(37-22)34-18-6-4-17-12-31-9-8-15(17)10-18/h4-7,10,13,31H,8-9,12,14H2,1-3H3,(H,33,38)(H2,32,34,35,36,37). The van der Waals surface area contributed by atoms with Gasteiger partial charge in [-0.3, -0.25) is 4.79 Å². The molecule has 9 nitrogen and oxygen atoms in total. The van der Waals surface area contributed by atoms with Gasteiger partial charge in [0.05, 0.1) is 11.3 Å². The lowest BCUT2D eigenvalue weighted by molar-refractivity contribution is -0.123. The highest BCUT2D eigenvalue weighted by Crippen LogP contribution is 2.28. The number of carbonyl (C=O) groups is 1. The Kier molecular flexibility index (Phi) is 7.50. The second-order valence-corrected chi connectivity index (χ2v) is 9.87. The van der Waals surface area contributed by atoms with E-state index in [1.54, 1.807) is 6.07 Å². The summed E-state index contributed by atoms with van der Waals surface area (Å²) in [6, 6.07) is 11.1. The van der Waals surface area contributed by atoms with E-state index in [9.17, 15) is 23.2 Å². The van der Waals surface area contributed by atoms with Gasteiger partial charge in [-0.15, -0.1) is 0 Å². The number of halogens is 3. The van der Waals surface area contributed by atoms with Crippen LogP contribution in [-0.4, -0.2) is 40.1 Å². The Morgan fingerprint density at radius 3 is 2.61 bits per heavy atom. The van der Waals surface area contributed by atoms with Gasteiger partial charge in [0.1, 0.15) is 29.8 Å². The average molecular weight is 525 g/mol. The van der Waals surface area contributed by atoms with Gasteiger partial charge in [-0.2, -0.15) is 23.4 Å². The molecule has 0 bridgehead atoms. The van der Waals surface area contributed by atoms with Crippen LogP contribution in [0.2, 0.25) is 0 Å². The Balaban J connectivity index is 1.68. The lowest BCUT2D eigenvalue weighted by Crippen LogP contribution is -2.34. The van der Waals surface area contributed by atoms with Gasteiger partial charge in [0.25, 0.3) is 5.91 Å². The van der Waals surface area contributed by atoms with Crippen molar-refractivity contribution in [3.63, 3.8) is 0 Å². The fourth-order valence-corrected chi connectivity index (χ4v) is 3.98. The fraction of sp³-hybridized carbons (Fsp3) is 0.346. The van der Waals surface area contributed by atoms with Gasteiger partial charge in [-0.05, 0) is 48.4 Å². The molecule has 1 aromatic carbocycles. The topological polar surface area (TPSA) is 128 Å². The largest absolute Gasteiger partial charge is 0.405 e. The van der Waals surface area contributed by atoms with E-state index in [2.05, 4.69) is 37.0 Å². The monoisotopic (exact) mass is 524 g/mol. The first-order valence-electron chi connectivity index (χ1n) is 11.9. The summed E-state index contributed by atoms with van der Waals surface area (Å²) in [5.74, 6) is -0.632. The Morgan fingerprint density at radius 2 is 1.89 bits per heavy atom. The molecule has 12 heteroatoms. The van der Waals surface area contributed by atoms with Crippen molar-refractivity contribution in [3.05, 3.63) is 64.5 Å². The Labute approximate surface area is 217 Å². The third-order valence-electron chi connectivity index (χ3n) is 5.80. The second kappa shape index (κ2) is 10.6. The van der Waals surface area contributed by atoms with Crippen molar-refractivity contribution in [2.24, 2.45) is 0 Å². The minimum atomic E-state index is -4.58. The van der Waals surface area contributed by atoms with E-state index in [0.29, 0.717) is 11.3 Å². The average Bonchev–Trinajstić information content (AvgIpc) is 2.86. The molecule has 3 aromatic rings. The lowest BCUT2D eigenvalue weighted by Gasteiger charge is -2.20. The molecule has 4 rings (SSSR count). The maximum atomic E-state index is 12.7. The second-order valence-electron chi connectivity index (χ2n) is 9.87. The molecule has 1 aliphatic heterocycles. The van der Waals surface area contributed by atoms with E-state index in [1.165, 1.54) is 17.2 Å². The number of alkyl halides is 3. The summed E-state index contributed by atoms with van der Waals surface area (Å²) in [5, 5.41) is 20.7. The number of pyridine rings is 1. The predicted octanol–water partition coefficient (Wildman–Crippen LogP) is 4.47. The van der Waals surface area contributed by atoms with Crippen LogP contribution in [0.5, 0.6) is 0 Å². The summed E-state index contributed by atoms with van der Waals surface area (Å²) in [6.07, 6.45) is -2.55. The third kappa shape index (κ3) is 6.54. The van der Waals surface area contributed by atoms with Gasteiger partial charge >= 0.3 is 6.18 Å². The zero-order valence-electron chi connectivity index (χ0n) is 21.1. The Bertz CT molecular complexity index is 1390. The van der Waals surface area contributed by atoms with E-state index in [0.717, 1.165) is 31.4 Å². The van der Waals surface area contributed by atoms with Crippen molar-refractivity contribution in [2.75, 3.05) is 23.7 Å². The quantitative estimate of drug-likeness (QED) is 0.372. The van der Waals surface area contributed by atoms with Crippen molar-refractivity contribution in [1.29, 1.82) is 5.26 Å². The third-order valence-corrected chi connectivity index (χ3v) is 5.80. The van der Waals surface area contributed by atoms with Gasteiger partial charge in [-0.25, -0.2) is 9.97 Å². The molecule has 0 spiro atoms. The first-order valence-corrected chi connectivity index (χ1v) is 11.9. The van der Waals surface area contributed by atoms with E-state index < -0.39 is 24.0 Å². The smallest absolute Gasteiger partial charge is 0.343 e. The maximum Gasteiger partial charge on any atom is 0.405 e. The molecule has 4 N–H and O–H groups in total. The summed E-state index contributed by atoms with van der Waals surface area (Å²) < 4.78 is 38.2. The predicted molar refractivity (Wildman–Crippen MR) is 136 cm³/mol. The van der Waals surface area contributed by atoms with Crippen molar-refractivity contribution < 1.29 is 18.0 Å². The van der Waals surface area contributed by atoms with Crippen LogP contribution in [-0.2, 0) is 18.4 Å². The van der Waals surface area contributed by atoms with Crippen LogP contribution in [0.1, 0.15) is 53.5 Å². The number of amides is 1. The highest BCUT2D eigenvalue weighted by Gasteiger charge is 2.29. The molecule has 38 heavy (non-hydrogen) atoms. The van der Waals surface area contributed by atoms with Gasteiger partial charge in [0, 0.05) is 23.8 Å². The number of benzene rings is 1. The molecular formula is C26H27F3N8O. The number of hydrogen-bond acceptors (Lipinski definition) is 8. The number of fused-ring (bicyclic) bond motifs is 1. The van der Waals surface area contributed by atoms with E-state index in [4.69, 9.17) is 0 Å². The molecule has 1 aliphatic rings. The van der Waals surface area contributed by atoms with Crippen LogP contribution in [0.15, 0.2) is 36.5 Å². The first kappa shape index (κ1) is 26.8. The molecule has 198 valence electrons. The number of nitriles is 1. The van der Waals surface area contributed by atoms with Crippen LogP contribution in [0, 0.1) is 11.3 Å². The van der Waals surface area contributed by atoms with Crippen LogP contribution in [0.4, 0.5) is 36.4 Å². The van der Waals surface area contributed by atoms with E-state index in [-0.39, 0.29) is 23.1 Å². The first-order chi connectivity index (χ1) is 17.9. The Hall–Kier alpha value is -4.24. The molecule has 0 saturated carbocycles. The number of hydrogen-bond donors (Lipinski definition) is 4. The summed E-state index contributed by atoms with van der Waals surface area (Å²) in [6.45, 7) is 5.86. The minimum absolute atomic E-state index is 0.0404. The van der Waals surface area contributed by atoms with Crippen LogP contribution < -0.4 is 21.3 Å². The summed E-state index contributed by atoms with van der Waals surface area (Å²) in [5.41, 5.74) is 3.37. The highest BCUT2D eigenvalue weighted by molar-refractivity contribution is 5.99. The fourth-order valence-electron chi connectivity index (χ4n) is 3.98. The molecule has 0 saturated heterocycles. The number of nitrogens with zero attached hydrogens (tertiary/aromatic N) is 4. The highest BCUT2D eigenvalue weighted by atomic mass is 19.4. The summed E-state index contributed by atoms with van der Waals surface area (Å²) in [7, 11) is 0. The zero-order chi connectivity index (χ0) is 27.5. The summed E-state index contributed by atoms with van der Waals surface area (Å²) in [4.78, 5) is 25.7. The molecule has 3 heterocycles. The SMILES string of the molecule is CC(C)(C)c1nc(Nc2nc(Nc3ccc4c(c3)CCNC4)ncc2C(=O)NCC(F)(F)F)ccc1C#N. The van der Waals surface area contributed by atoms with Crippen molar-refractivity contribution in [2.45, 2.75) is 45.3 Å². The van der Waals surface area contributed by atoms with Gasteiger partial charge < -0.3 is 21.3 Å². The van der Waals surface area contributed by atoms with Gasteiger partial charge in [-0.1, -0.05) is 26.8 Å². The van der Waals surface area contributed by atoms with Gasteiger partial charge in [0.15, 0.2) is 0 Å². The molecule has 0 radical (unpaired) electrons. The molecule has 0 fully saturated rings. The zero-order valence-corrected chi connectivity index (χ0v) is 21.1. The van der Waals surface area contributed by atoms with E-state index >= 15 is 0 Å². The number of carbonyl (C=O) groups excluding carboxylic acids is 1. The number of rotatable bonds is 6.